The van der Waals surface area contributed by atoms with Crippen LogP contribution in [0.15, 0.2) is 64.4 Å². The molecule has 30 heavy (non-hydrogen) atoms. The van der Waals surface area contributed by atoms with Crippen molar-refractivity contribution in [2.75, 3.05) is 12.4 Å². The topological polar surface area (TPSA) is 53.3 Å². The molecule has 5 nitrogen and oxygen atoms in total. The maximum Gasteiger partial charge on any atom is 0.573 e. The van der Waals surface area contributed by atoms with Crippen molar-refractivity contribution in [3.8, 4) is 22.7 Å². The van der Waals surface area contributed by atoms with Crippen LogP contribution in [0.25, 0.3) is 16.9 Å². The van der Waals surface area contributed by atoms with Gasteiger partial charge in [-0.2, -0.15) is 0 Å². The first-order valence-electron chi connectivity index (χ1n) is 8.75. The number of carbonyl (C=O) groups excluding carboxylic acids is 1. The lowest BCUT2D eigenvalue weighted by Gasteiger charge is -2.14. The number of thioether (sulfide) groups is 1. The lowest BCUT2D eigenvalue weighted by molar-refractivity contribution is -0.274. The van der Waals surface area contributed by atoms with E-state index in [1.54, 1.807) is 17.7 Å². The van der Waals surface area contributed by atoms with E-state index < -0.39 is 6.36 Å². The zero-order valence-electron chi connectivity index (χ0n) is 15.6. The van der Waals surface area contributed by atoms with Crippen LogP contribution in [-0.4, -0.2) is 34.2 Å². The third-order valence-electron chi connectivity index (χ3n) is 3.82. The molecule has 1 heterocycles. The molecule has 0 radical (unpaired) electrons. The van der Waals surface area contributed by atoms with Gasteiger partial charge in [-0.05, 0) is 43.3 Å². The predicted octanol–water partition coefficient (Wildman–Crippen LogP) is 5.86. The van der Waals surface area contributed by atoms with Crippen LogP contribution >= 0.6 is 27.7 Å². The summed E-state index contributed by atoms with van der Waals surface area (Å²) in [7, 11) is 0. The summed E-state index contributed by atoms with van der Waals surface area (Å²) in [6.45, 7) is 2.00. The zero-order valence-corrected chi connectivity index (χ0v) is 18.1. The summed E-state index contributed by atoms with van der Waals surface area (Å²) in [6.07, 6.45) is -3.11. The van der Waals surface area contributed by atoms with Gasteiger partial charge in [0, 0.05) is 15.7 Å². The first kappa shape index (κ1) is 22.2. The van der Waals surface area contributed by atoms with Crippen molar-refractivity contribution in [1.82, 2.24) is 9.55 Å². The molecule has 158 valence electrons. The van der Waals surface area contributed by atoms with Crippen molar-refractivity contribution in [3.05, 3.63) is 59.2 Å². The molecule has 0 aliphatic rings. The molecule has 0 N–H and O–H groups in total. The Hall–Kier alpha value is -2.46. The number of imidazole rings is 1. The molecule has 0 fully saturated rings. The average Bonchev–Trinajstić information content (AvgIpc) is 3.10. The highest BCUT2D eigenvalue weighted by Crippen LogP contribution is 2.32. The van der Waals surface area contributed by atoms with E-state index in [2.05, 4.69) is 25.7 Å². The number of alkyl halides is 3. The van der Waals surface area contributed by atoms with Crippen LogP contribution in [0.1, 0.15) is 6.92 Å². The minimum atomic E-state index is -4.76. The second-order valence-corrected chi connectivity index (χ2v) is 7.76. The largest absolute Gasteiger partial charge is 0.573 e. The summed E-state index contributed by atoms with van der Waals surface area (Å²) in [5, 5.41) is 0.505. The molecule has 10 heteroatoms. The van der Waals surface area contributed by atoms with Crippen LogP contribution in [-0.2, 0) is 9.53 Å². The lowest BCUT2D eigenvalue weighted by atomic mass is 10.1. The molecule has 0 amide bonds. The highest BCUT2D eigenvalue weighted by Gasteiger charge is 2.31. The standard InChI is InChI=1S/C20H16BrF3N2O3S/c1-2-28-18(27)12-30-19-25-11-17(13-3-5-14(21)6-4-13)26(19)15-7-9-16(10-8-15)29-20(22,23)24/h3-11H,2,12H2,1H3. The van der Waals surface area contributed by atoms with E-state index in [1.807, 2.05) is 24.3 Å². The Balaban J connectivity index is 1.97. The maximum atomic E-state index is 12.4. The Bertz CT molecular complexity index is 1010. The van der Waals surface area contributed by atoms with E-state index in [9.17, 15) is 18.0 Å². The number of hydrogen-bond acceptors (Lipinski definition) is 5. The Morgan fingerprint density at radius 3 is 2.40 bits per heavy atom. The molecule has 0 aliphatic carbocycles. The fourth-order valence-electron chi connectivity index (χ4n) is 2.63. The average molecular weight is 501 g/mol. The lowest BCUT2D eigenvalue weighted by Crippen LogP contribution is -2.17. The van der Waals surface area contributed by atoms with Gasteiger partial charge < -0.3 is 9.47 Å². The summed E-state index contributed by atoms with van der Waals surface area (Å²) >= 11 is 4.57. The minimum Gasteiger partial charge on any atom is -0.465 e. The Morgan fingerprint density at radius 2 is 1.80 bits per heavy atom. The monoisotopic (exact) mass is 500 g/mol. The van der Waals surface area contributed by atoms with Gasteiger partial charge in [-0.3, -0.25) is 9.36 Å². The van der Waals surface area contributed by atoms with Crippen LogP contribution in [0.4, 0.5) is 13.2 Å². The van der Waals surface area contributed by atoms with Gasteiger partial charge in [0.2, 0.25) is 0 Å². The summed E-state index contributed by atoms with van der Waals surface area (Å²) < 4.78 is 48.9. The molecule has 0 unspecified atom stereocenters. The summed E-state index contributed by atoms with van der Waals surface area (Å²) in [5.74, 6) is -0.645. The molecule has 3 rings (SSSR count). The fourth-order valence-corrected chi connectivity index (χ4v) is 3.69. The summed E-state index contributed by atoms with van der Waals surface area (Å²) in [5.41, 5.74) is 2.15. The van der Waals surface area contributed by atoms with Crippen molar-refractivity contribution in [2.24, 2.45) is 0 Å². The number of carbonyl (C=O) groups is 1. The third-order valence-corrected chi connectivity index (χ3v) is 5.28. The van der Waals surface area contributed by atoms with Gasteiger partial charge in [0.15, 0.2) is 5.16 Å². The number of aromatic nitrogens is 2. The molecule has 0 atom stereocenters. The predicted molar refractivity (Wildman–Crippen MR) is 111 cm³/mol. The number of benzene rings is 2. The van der Waals surface area contributed by atoms with Gasteiger partial charge in [0.05, 0.1) is 24.3 Å². The third kappa shape index (κ3) is 5.79. The second kappa shape index (κ2) is 9.57. The molecular formula is C20H16BrF3N2O3S. The van der Waals surface area contributed by atoms with Gasteiger partial charge in [-0.1, -0.05) is 39.8 Å². The molecule has 0 saturated heterocycles. The maximum absolute atomic E-state index is 12.4. The Morgan fingerprint density at radius 1 is 1.13 bits per heavy atom. The molecule has 0 bridgehead atoms. The Kier molecular flexibility index (Phi) is 7.09. The van der Waals surface area contributed by atoms with Gasteiger partial charge in [0.1, 0.15) is 5.75 Å². The Labute approximate surface area is 183 Å². The van der Waals surface area contributed by atoms with E-state index in [1.165, 1.54) is 36.0 Å². The number of ether oxygens (including phenoxy) is 2. The summed E-state index contributed by atoms with van der Waals surface area (Å²) in [6, 6.07) is 13.0. The van der Waals surface area contributed by atoms with Crippen molar-refractivity contribution < 1.29 is 27.4 Å². The number of halogens is 4. The van der Waals surface area contributed by atoms with Crippen LogP contribution < -0.4 is 4.74 Å². The molecule has 0 saturated carbocycles. The first-order valence-corrected chi connectivity index (χ1v) is 10.5. The normalized spacial score (nSPS) is 11.4. The van der Waals surface area contributed by atoms with Crippen LogP contribution in [0.2, 0.25) is 0 Å². The zero-order chi connectivity index (χ0) is 21.7. The molecule has 2 aromatic carbocycles. The van der Waals surface area contributed by atoms with Crippen molar-refractivity contribution >= 4 is 33.7 Å². The number of esters is 1. The van der Waals surface area contributed by atoms with E-state index >= 15 is 0 Å². The van der Waals surface area contributed by atoms with Crippen LogP contribution in [0, 0.1) is 0 Å². The number of nitrogens with zero attached hydrogens (tertiary/aromatic N) is 2. The highest BCUT2D eigenvalue weighted by molar-refractivity contribution is 9.10. The van der Waals surface area contributed by atoms with Crippen LogP contribution in [0.5, 0.6) is 5.75 Å². The molecule has 3 aromatic rings. The second-order valence-electron chi connectivity index (χ2n) is 5.90. The fraction of sp³-hybridized carbons (Fsp3) is 0.200. The molecule has 0 aliphatic heterocycles. The first-order chi connectivity index (χ1) is 14.3. The summed E-state index contributed by atoms with van der Waals surface area (Å²) in [4.78, 5) is 16.1. The smallest absolute Gasteiger partial charge is 0.465 e. The van der Waals surface area contributed by atoms with E-state index in [0.29, 0.717) is 10.8 Å². The van der Waals surface area contributed by atoms with Crippen LogP contribution in [0.3, 0.4) is 0 Å². The number of rotatable bonds is 7. The van der Waals surface area contributed by atoms with E-state index in [0.717, 1.165) is 15.7 Å². The van der Waals surface area contributed by atoms with Gasteiger partial charge in [0.25, 0.3) is 0 Å². The van der Waals surface area contributed by atoms with Crippen molar-refractivity contribution in [2.45, 2.75) is 18.4 Å². The van der Waals surface area contributed by atoms with Gasteiger partial charge in [-0.15, -0.1) is 13.2 Å². The van der Waals surface area contributed by atoms with Crippen molar-refractivity contribution in [1.29, 1.82) is 0 Å². The van der Waals surface area contributed by atoms with Gasteiger partial charge >= 0.3 is 12.3 Å². The highest BCUT2D eigenvalue weighted by atomic mass is 79.9. The van der Waals surface area contributed by atoms with E-state index in [-0.39, 0.29) is 24.1 Å². The van der Waals surface area contributed by atoms with Crippen molar-refractivity contribution in [3.63, 3.8) is 0 Å². The molecule has 0 spiro atoms. The quantitative estimate of drug-likeness (QED) is 0.300. The van der Waals surface area contributed by atoms with Gasteiger partial charge in [-0.25, -0.2) is 4.98 Å². The molecule has 1 aromatic heterocycles. The van der Waals surface area contributed by atoms with E-state index in [4.69, 9.17) is 4.74 Å². The molecular weight excluding hydrogens is 485 g/mol. The minimum absolute atomic E-state index is 0.0555. The number of hydrogen-bond donors (Lipinski definition) is 0. The SMILES string of the molecule is CCOC(=O)CSc1ncc(-c2ccc(Br)cc2)n1-c1ccc(OC(F)(F)F)cc1.